The number of anilines is 1. The fourth-order valence-corrected chi connectivity index (χ4v) is 1.01. The van der Waals surface area contributed by atoms with Gasteiger partial charge in [0.05, 0.1) is 0 Å². The van der Waals surface area contributed by atoms with Crippen LogP contribution in [-0.2, 0) is 0 Å². The van der Waals surface area contributed by atoms with Gasteiger partial charge in [0, 0.05) is 20.2 Å². The number of aromatic nitrogens is 4. The molecule has 2 aromatic rings. The molecule has 0 radical (unpaired) electrons. The normalized spacial score (nSPS) is 10.6. The minimum Gasteiger partial charge on any atom is -0.493 e. The van der Waals surface area contributed by atoms with Crippen LogP contribution in [0.1, 0.15) is 0 Å². The summed E-state index contributed by atoms with van der Waals surface area (Å²) in [7, 11) is 3.68. The lowest BCUT2D eigenvalue weighted by Gasteiger charge is -2.10. The van der Waals surface area contributed by atoms with Crippen LogP contribution in [0.2, 0.25) is 0 Å². The van der Waals surface area contributed by atoms with Gasteiger partial charge in [0.15, 0.2) is 0 Å². The number of hydrogen-bond donors (Lipinski definition) is 1. The van der Waals surface area contributed by atoms with Gasteiger partial charge in [-0.05, 0) is 0 Å². The summed E-state index contributed by atoms with van der Waals surface area (Å²) >= 11 is 0. The van der Waals surface area contributed by atoms with Crippen LogP contribution in [0.15, 0.2) is 12.4 Å². The van der Waals surface area contributed by atoms with Gasteiger partial charge in [-0.15, -0.1) is 0 Å². The molecule has 2 heterocycles. The van der Waals surface area contributed by atoms with Gasteiger partial charge < -0.3 is 10.0 Å². The predicted octanol–water partition coefficient (Wildman–Crippen LogP) is -0.104. The first-order valence-electron chi connectivity index (χ1n) is 3.75. The average Bonchev–Trinajstić information content (AvgIpc) is 2.51. The van der Waals surface area contributed by atoms with E-state index < -0.39 is 0 Å². The van der Waals surface area contributed by atoms with E-state index in [4.69, 9.17) is 0 Å². The minimum atomic E-state index is 0.0335. The molecule has 2 aromatic heterocycles. The highest BCUT2D eigenvalue weighted by atomic mass is 16.3. The monoisotopic (exact) mass is 179 g/mol. The summed E-state index contributed by atoms with van der Waals surface area (Å²) in [5.74, 6) is 1.08. The van der Waals surface area contributed by atoms with Crippen LogP contribution >= 0.6 is 0 Å². The van der Waals surface area contributed by atoms with Crippen molar-refractivity contribution in [1.29, 1.82) is 0 Å². The topological polar surface area (TPSA) is 66.5 Å². The van der Waals surface area contributed by atoms with Gasteiger partial charge in [-0.1, -0.05) is 0 Å². The Morgan fingerprint density at radius 3 is 2.92 bits per heavy atom. The summed E-state index contributed by atoms with van der Waals surface area (Å²) in [6.45, 7) is 0. The lowest BCUT2D eigenvalue weighted by molar-refractivity contribution is 0.435. The minimum absolute atomic E-state index is 0.0335. The van der Waals surface area contributed by atoms with Gasteiger partial charge in [-0.3, -0.25) is 0 Å². The Kier molecular flexibility index (Phi) is 1.54. The van der Waals surface area contributed by atoms with E-state index in [0.717, 1.165) is 0 Å². The molecule has 0 amide bonds. The van der Waals surface area contributed by atoms with Crippen molar-refractivity contribution < 1.29 is 5.11 Å². The molecule has 13 heavy (non-hydrogen) atoms. The number of aromatic hydroxyl groups is 1. The van der Waals surface area contributed by atoms with Gasteiger partial charge in [0.2, 0.25) is 5.88 Å². The molecular weight excluding hydrogens is 170 g/mol. The molecule has 0 atom stereocenters. The summed E-state index contributed by atoms with van der Waals surface area (Å²) in [5.41, 5.74) is 0. The van der Waals surface area contributed by atoms with Crippen LogP contribution < -0.4 is 4.90 Å². The van der Waals surface area contributed by atoms with E-state index >= 15 is 0 Å². The molecule has 2 rings (SSSR count). The predicted molar refractivity (Wildman–Crippen MR) is 46.8 cm³/mol. The molecule has 0 saturated carbocycles. The molecule has 0 spiro atoms. The molecule has 0 aliphatic heterocycles. The first kappa shape index (κ1) is 7.78. The standard InChI is InChI=1S/C7H9N5O/c1-11(2)5-3-6(13)12-7(10-5)8-4-9-12/h3-4,13H,1-2H3. The first-order valence-corrected chi connectivity index (χ1v) is 3.75. The molecular formula is C7H9N5O. The largest absolute Gasteiger partial charge is 0.493 e. The SMILES string of the molecule is CN(C)c1cc(O)n2ncnc2n1. The Bertz CT molecular complexity index is 435. The molecule has 0 aliphatic carbocycles. The lowest BCUT2D eigenvalue weighted by atomic mass is 10.5. The molecule has 6 nitrogen and oxygen atoms in total. The van der Waals surface area contributed by atoms with Crippen LogP contribution in [0.25, 0.3) is 5.78 Å². The molecule has 0 saturated heterocycles. The van der Waals surface area contributed by atoms with Crippen LogP contribution in [0.4, 0.5) is 5.82 Å². The zero-order chi connectivity index (χ0) is 9.42. The Balaban J connectivity index is 2.70. The number of hydrogen-bond acceptors (Lipinski definition) is 5. The second-order valence-electron chi connectivity index (χ2n) is 2.84. The molecule has 0 fully saturated rings. The van der Waals surface area contributed by atoms with Crippen molar-refractivity contribution in [3.63, 3.8) is 0 Å². The van der Waals surface area contributed by atoms with Gasteiger partial charge in [-0.25, -0.2) is 0 Å². The average molecular weight is 179 g/mol. The molecule has 68 valence electrons. The molecule has 0 bridgehead atoms. The van der Waals surface area contributed by atoms with Crippen LogP contribution in [0, 0.1) is 0 Å². The second kappa shape index (κ2) is 2.58. The smallest absolute Gasteiger partial charge is 0.257 e. The van der Waals surface area contributed by atoms with E-state index in [1.54, 1.807) is 4.90 Å². The number of nitrogens with zero attached hydrogens (tertiary/aromatic N) is 5. The lowest BCUT2D eigenvalue weighted by Crippen LogP contribution is -2.11. The Morgan fingerprint density at radius 2 is 2.23 bits per heavy atom. The number of fused-ring (bicyclic) bond motifs is 1. The molecule has 1 N–H and O–H groups in total. The molecule has 0 unspecified atom stereocenters. The van der Waals surface area contributed by atoms with E-state index in [-0.39, 0.29) is 5.88 Å². The van der Waals surface area contributed by atoms with Crippen molar-refractivity contribution in [2.45, 2.75) is 0 Å². The zero-order valence-electron chi connectivity index (χ0n) is 7.34. The van der Waals surface area contributed by atoms with Gasteiger partial charge in [0.25, 0.3) is 5.78 Å². The Labute approximate surface area is 74.5 Å². The summed E-state index contributed by atoms with van der Waals surface area (Å²) < 4.78 is 1.27. The Morgan fingerprint density at radius 1 is 1.46 bits per heavy atom. The quantitative estimate of drug-likeness (QED) is 0.662. The molecule has 0 aliphatic rings. The second-order valence-corrected chi connectivity index (χ2v) is 2.84. The summed E-state index contributed by atoms with van der Waals surface area (Å²) in [6.07, 6.45) is 1.35. The van der Waals surface area contributed by atoms with Crippen molar-refractivity contribution in [3.05, 3.63) is 12.4 Å². The first-order chi connectivity index (χ1) is 6.18. The fourth-order valence-electron chi connectivity index (χ4n) is 1.01. The third kappa shape index (κ3) is 1.16. The van der Waals surface area contributed by atoms with Crippen LogP contribution in [0.5, 0.6) is 5.88 Å². The summed E-state index contributed by atoms with van der Waals surface area (Å²) in [5, 5.41) is 13.3. The summed E-state index contributed by atoms with van der Waals surface area (Å²) in [6, 6.07) is 1.53. The molecule has 6 heteroatoms. The third-order valence-electron chi connectivity index (χ3n) is 1.68. The van der Waals surface area contributed by atoms with E-state index in [1.807, 2.05) is 14.1 Å². The zero-order valence-corrected chi connectivity index (χ0v) is 7.34. The highest BCUT2D eigenvalue weighted by Gasteiger charge is 2.06. The number of rotatable bonds is 1. The van der Waals surface area contributed by atoms with Crippen LogP contribution in [0.3, 0.4) is 0 Å². The van der Waals surface area contributed by atoms with E-state index in [2.05, 4.69) is 15.1 Å². The van der Waals surface area contributed by atoms with Gasteiger partial charge in [0.1, 0.15) is 12.1 Å². The van der Waals surface area contributed by atoms with E-state index in [9.17, 15) is 5.11 Å². The van der Waals surface area contributed by atoms with Crippen molar-refractivity contribution in [3.8, 4) is 5.88 Å². The van der Waals surface area contributed by atoms with Crippen molar-refractivity contribution >= 4 is 11.6 Å². The van der Waals surface area contributed by atoms with Gasteiger partial charge >= 0.3 is 0 Å². The van der Waals surface area contributed by atoms with Crippen molar-refractivity contribution in [1.82, 2.24) is 19.6 Å². The highest BCUT2D eigenvalue weighted by molar-refractivity contribution is 5.46. The maximum atomic E-state index is 9.48. The van der Waals surface area contributed by atoms with Crippen molar-refractivity contribution in [2.75, 3.05) is 19.0 Å². The Hall–Kier alpha value is -1.85. The van der Waals surface area contributed by atoms with Crippen molar-refractivity contribution in [2.24, 2.45) is 0 Å². The third-order valence-corrected chi connectivity index (χ3v) is 1.68. The van der Waals surface area contributed by atoms with Gasteiger partial charge in [-0.2, -0.15) is 19.6 Å². The fraction of sp³-hybridized carbons (Fsp3) is 0.286. The van der Waals surface area contributed by atoms with E-state index in [1.165, 1.54) is 16.9 Å². The maximum absolute atomic E-state index is 9.48. The maximum Gasteiger partial charge on any atom is 0.257 e. The van der Waals surface area contributed by atoms with E-state index in [0.29, 0.717) is 11.6 Å². The van der Waals surface area contributed by atoms with Crippen LogP contribution in [-0.4, -0.2) is 38.8 Å². The highest BCUT2D eigenvalue weighted by Crippen LogP contribution is 2.16. The molecule has 0 aromatic carbocycles. The summed E-state index contributed by atoms with van der Waals surface area (Å²) in [4.78, 5) is 9.81.